The molecule has 0 heterocycles. The molecule has 4 rings (SSSR count). The Morgan fingerprint density at radius 1 is 1.23 bits per heavy atom. The third-order valence-corrected chi connectivity index (χ3v) is 7.23. The number of benzene rings is 1. The van der Waals surface area contributed by atoms with E-state index in [2.05, 4.69) is 26.5 Å². The SMILES string of the molecule is C=C1CCC2C3CCc4cc(F)c(CC)cc4C3CCC12C. The van der Waals surface area contributed by atoms with Crippen LogP contribution in [-0.2, 0) is 12.8 Å². The minimum Gasteiger partial charge on any atom is -0.207 e. The van der Waals surface area contributed by atoms with Gasteiger partial charge in [0.25, 0.3) is 0 Å². The molecule has 1 aromatic rings. The van der Waals surface area contributed by atoms with E-state index in [0.29, 0.717) is 11.3 Å². The van der Waals surface area contributed by atoms with E-state index in [0.717, 1.165) is 30.2 Å². The molecule has 2 fully saturated rings. The molecule has 0 spiro atoms. The van der Waals surface area contributed by atoms with Crippen LogP contribution in [0.15, 0.2) is 24.3 Å². The van der Waals surface area contributed by atoms with E-state index in [-0.39, 0.29) is 5.82 Å². The monoisotopic (exact) mass is 298 g/mol. The molecule has 0 aliphatic heterocycles. The molecule has 22 heavy (non-hydrogen) atoms. The van der Waals surface area contributed by atoms with E-state index in [1.54, 1.807) is 0 Å². The van der Waals surface area contributed by atoms with Crippen LogP contribution in [0.2, 0.25) is 0 Å². The van der Waals surface area contributed by atoms with E-state index in [9.17, 15) is 4.39 Å². The van der Waals surface area contributed by atoms with Crippen molar-refractivity contribution in [2.45, 2.75) is 64.7 Å². The minimum atomic E-state index is 0.00888. The van der Waals surface area contributed by atoms with Crippen molar-refractivity contribution in [2.24, 2.45) is 17.3 Å². The number of halogens is 1. The Morgan fingerprint density at radius 3 is 2.82 bits per heavy atom. The molecule has 0 aromatic heterocycles. The van der Waals surface area contributed by atoms with Gasteiger partial charge in [0, 0.05) is 0 Å². The molecule has 0 bridgehead atoms. The first-order valence-corrected chi connectivity index (χ1v) is 9.04. The Bertz CT molecular complexity index is 629. The maximum absolute atomic E-state index is 14.1. The van der Waals surface area contributed by atoms with E-state index in [1.807, 2.05) is 6.07 Å². The van der Waals surface area contributed by atoms with Gasteiger partial charge in [-0.1, -0.05) is 32.1 Å². The molecule has 0 nitrogen and oxygen atoms in total. The van der Waals surface area contributed by atoms with Gasteiger partial charge >= 0.3 is 0 Å². The van der Waals surface area contributed by atoms with Crippen molar-refractivity contribution in [1.82, 2.24) is 0 Å². The topological polar surface area (TPSA) is 0 Å². The fourth-order valence-electron chi connectivity index (χ4n) is 5.82. The minimum absolute atomic E-state index is 0.00888. The fourth-order valence-corrected chi connectivity index (χ4v) is 5.82. The lowest BCUT2D eigenvalue weighted by atomic mass is 9.55. The maximum Gasteiger partial charge on any atom is 0.126 e. The largest absolute Gasteiger partial charge is 0.207 e. The number of aryl methyl sites for hydroxylation is 2. The molecule has 118 valence electrons. The summed E-state index contributed by atoms with van der Waals surface area (Å²) >= 11 is 0. The molecular weight excluding hydrogens is 271 g/mol. The first kappa shape index (κ1) is 14.5. The highest BCUT2D eigenvalue weighted by Crippen LogP contribution is 2.62. The van der Waals surface area contributed by atoms with Gasteiger partial charge in [0.15, 0.2) is 0 Å². The number of hydrogen-bond donors (Lipinski definition) is 0. The molecule has 0 saturated heterocycles. The third-order valence-electron chi connectivity index (χ3n) is 7.23. The molecule has 0 N–H and O–H groups in total. The van der Waals surface area contributed by atoms with Crippen LogP contribution in [0.4, 0.5) is 4.39 Å². The van der Waals surface area contributed by atoms with Crippen molar-refractivity contribution >= 4 is 0 Å². The van der Waals surface area contributed by atoms with Gasteiger partial charge in [-0.15, -0.1) is 0 Å². The van der Waals surface area contributed by atoms with Gasteiger partial charge in [0.05, 0.1) is 0 Å². The van der Waals surface area contributed by atoms with Crippen molar-refractivity contribution in [3.63, 3.8) is 0 Å². The number of allylic oxidation sites excluding steroid dienone is 1. The Morgan fingerprint density at radius 2 is 2.05 bits per heavy atom. The maximum atomic E-state index is 14.1. The highest BCUT2D eigenvalue weighted by Gasteiger charge is 2.51. The van der Waals surface area contributed by atoms with Crippen molar-refractivity contribution in [3.8, 4) is 0 Å². The summed E-state index contributed by atoms with van der Waals surface area (Å²) in [5, 5.41) is 0. The summed E-state index contributed by atoms with van der Waals surface area (Å²) in [6.45, 7) is 8.90. The molecule has 3 aliphatic carbocycles. The molecular formula is C21H27F. The summed E-state index contributed by atoms with van der Waals surface area (Å²) in [4.78, 5) is 0. The van der Waals surface area contributed by atoms with E-state index in [1.165, 1.54) is 48.8 Å². The number of fused-ring (bicyclic) bond motifs is 5. The second kappa shape index (κ2) is 4.94. The van der Waals surface area contributed by atoms with Crippen LogP contribution in [0.1, 0.15) is 68.6 Å². The van der Waals surface area contributed by atoms with Crippen LogP contribution in [0.3, 0.4) is 0 Å². The van der Waals surface area contributed by atoms with Gasteiger partial charge in [0.2, 0.25) is 0 Å². The van der Waals surface area contributed by atoms with Gasteiger partial charge in [-0.25, -0.2) is 4.39 Å². The summed E-state index contributed by atoms with van der Waals surface area (Å²) in [5.41, 5.74) is 5.55. The van der Waals surface area contributed by atoms with E-state index < -0.39 is 0 Å². The quantitative estimate of drug-likeness (QED) is 0.575. The average Bonchev–Trinajstić information content (AvgIpc) is 2.82. The molecule has 3 aliphatic rings. The molecule has 1 heteroatoms. The molecule has 1 aromatic carbocycles. The summed E-state index contributed by atoms with van der Waals surface area (Å²) in [6, 6.07) is 4.04. The first-order chi connectivity index (χ1) is 10.5. The number of hydrogen-bond acceptors (Lipinski definition) is 0. The van der Waals surface area contributed by atoms with Crippen LogP contribution in [0.25, 0.3) is 0 Å². The van der Waals surface area contributed by atoms with Crippen molar-refractivity contribution in [1.29, 1.82) is 0 Å². The second-order valence-corrected chi connectivity index (χ2v) is 8.01. The van der Waals surface area contributed by atoms with Crippen LogP contribution in [0, 0.1) is 23.1 Å². The lowest BCUT2D eigenvalue weighted by Gasteiger charge is -2.49. The van der Waals surface area contributed by atoms with Gasteiger partial charge < -0.3 is 0 Å². The molecule has 4 atom stereocenters. The highest BCUT2D eigenvalue weighted by molar-refractivity contribution is 5.40. The predicted molar refractivity (Wildman–Crippen MR) is 89.5 cm³/mol. The van der Waals surface area contributed by atoms with Crippen molar-refractivity contribution in [2.75, 3.05) is 0 Å². The van der Waals surface area contributed by atoms with E-state index in [4.69, 9.17) is 0 Å². The van der Waals surface area contributed by atoms with Crippen LogP contribution in [0.5, 0.6) is 0 Å². The Balaban J connectivity index is 1.74. The summed E-state index contributed by atoms with van der Waals surface area (Å²) in [5.74, 6) is 2.27. The normalized spacial score (nSPS) is 36.7. The van der Waals surface area contributed by atoms with Gasteiger partial charge in [-0.2, -0.15) is 0 Å². The molecule has 0 radical (unpaired) electrons. The van der Waals surface area contributed by atoms with Gasteiger partial charge in [-0.05, 0) is 90.9 Å². The Hall–Kier alpha value is -1.11. The second-order valence-electron chi connectivity index (χ2n) is 8.01. The highest BCUT2D eigenvalue weighted by atomic mass is 19.1. The smallest absolute Gasteiger partial charge is 0.126 e. The first-order valence-electron chi connectivity index (χ1n) is 9.04. The average molecular weight is 298 g/mol. The zero-order valence-corrected chi connectivity index (χ0v) is 13.9. The summed E-state index contributed by atoms with van der Waals surface area (Å²) in [7, 11) is 0. The zero-order valence-electron chi connectivity index (χ0n) is 13.9. The van der Waals surface area contributed by atoms with Crippen molar-refractivity contribution in [3.05, 3.63) is 46.8 Å². The van der Waals surface area contributed by atoms with E-state index >= 15 is 0 Å². The molecule has 4 unspecified atom stereocenters. The molecule has 0 amide bonds. The fraction of sp³-hybridized carbons (Fsp3) is 0.619. The number of rotatable bonds is 1. The van der Waals surface area contributed by atoms with Crippen molar-refractivity contribution < 1.29 is 4.39 Å². The predicted octanol–water partition coefficient (Wildman–Crippen LogP) is 5.80. The molecule has 2 saturated carbocycles. The standard InChI is InChI=1S/C21H27F/c1-4-14-11-18-15(12-20(14)22)6-7-17-16(18)9-10-21(3)13(2)5-8-19(17)21/h11-12,16-17,19H,2,4-10H2,1,3H3. The lowest BCUT2D eigenvalue weighted by molar-refractivity contribution is 0.0815. The Labute approximate surface area is 133 Å². The summed E-state index contributed by atoms with van der Waals surface area (Å²) in [6.07, 6.45) is 8.20. The summed E-state index contributed by atoms with van der Waals surface area (Å²) < 4.78 is 14.1. The zero-order chi connectivity index (χ0) is 15.5. The van der Waals surface area contributed by atoms with Gasteiger partial charge in [-0.3, -0.25) is 0 Å². The van der Waals surface area contributed by atoms with Crippen LogP contribution >= 0.6 is 0 Å². The van der Waals surface area contributed by atoms with Crippen LogP contribution in [-0.4, -0.2) is 0 Å². The van der Waals surface area contributed by atoms with Crippen LogP contribution < -0.4 is 0 Å². The Kier molecular flexibility index (Phi) is 3.25. The van der Waals surface area contributed by atoms with Gasteiger partial charge in [0.1, 0.15) is 5.82 Å². The third kappa shape index (κ3) is 1.87. The lowest BCUT2D eigenvalue weighted by Crippen LogP contribution is -2.40.